The predicted octanol–water partition coefficient (Wildman–Crippen LogP) is 0.251. The molecule has 7 heteroatoms. The van der Waals surface area contributed by atoms with Crippen LogP contribution in [0.2, 0.25) is 0 Å². The van der Waals surface area contributed by atoms with Crippen LogP contribution in [0.15, 0.2) is 6.07 Å². The first-order valence-corrected chi connectivity index (χ1v) is 6.55. The lowest BCUT2D eigenvalue weighted by Crippen LogP contribution is -2.15. The lowest BCUT2D eigenvalue weighted by molar-refractivity contribution is 0.684. The molecule has 0 aliphatic carbocycles. The van der Waals surface area contributed by atoms with Crippen LogP contribution in [0.4, 0.5) is 11.6 Å². The highest BCUT2D eigenvalue weighted by molar-refractivity contribution is 7.84. The van der Waals surface area contributed by atoms with E-state index in [2.05, 4.69) is 20.7 Å². The third-order valence-corrected chi connectivity index (χ3v) is 3.25. The Morgan fingerprint density at radius 3 is 2.75 bits per heavy atom. The van der Waals surface area contributed by atoms with Gasteiger partial charge in [0.2, 0.25) is 0 Å². The van der Waals surface area contributed by atoms with Crippen LogP contribution in [0, 0.1) is 6.92 Å². The summed E-state index contributed by atoms with van der Waals surface area (Å²) in [6, 6.07) is 1.71. The summed E-state index contributed by atoms with van der Waals surface area (Å²) in [5, 5.41) is 3.09. The molecule has 1 aromatic rings. The largest absolute Gasteiger partial charge is 0.369 e. The summed E-state index contributed by atoms with van der Waals surface area (Å²) >= 11 is 0. The van der Waals surface area contributed by atoms with Crippen molar-refractivity contribution < 1.29 is 4.21 Å². The molecule has 16 heavy (non-hydrogen) atoms. The molecule has 0 fully saturated rings. The molecule has 1 rings (SSSR count). The predicted molar refractivity (Wildman–Crippen MR) is 66.6 cm³/mol. The van der Waals surface area contributed by atoms with E-state index in [1.807, 2.05) is 6.92 Å². The topological polar surface area (TPSA) is 92.9 Å². The van der Waals surface area contributed by atoms with Gasteiger partial charge in [-0.25, -0.2) is 15.8 Å². The fourth-order valence-corrected chi connectivity index (χ4v) is 1.79. The molecule has 0 aliphatic heterocycles. The van der Waals surface area contributed by atoms with Gasteiger partial charge >= 0.3 is 0 Å². The highest BCUT2D eigenvalue weighted by atomic mass is 32.2. The van der Waals surface area contributed by atoms with Gasteiger partial charge in [0.15, 0.2) is 0 Å². The van der Waals surface area contributed by atoms with Gasteiger partial charge < -0.3 is 10.7 Å². The summed E-state index contributed by atoms with van der Waals surface area (Å²) in [5.74, 6) is 8.45. The zero-order valence-electron chi connectivity index (χ0n) is 9.49. The van der Waals surface area contributed by atoms with Crippen molar-refractivity contribution in [1.82, 2.24) is 9.97 Å². The van der Waals surface area contributed by atoms with Crippen LogP contribution in [-0.2, 0) is 10.8 Å². The van der Waals surface area contributed by atoms with E-state index >= 15 is 0 Å². The van der Waals surface area contributed by atoms with Crippen LogP contribution in [0.25, 0.3) is 0 Å². The van der Waals surface area contributed by atoms with Crippen molar-refractivity contribution in [3.8, 4) is 0 Å². The summed E-state index contributed by atoms with van der Waals surface area (Å²) in [6.45, 7) is 4.32. The molecule has 0 amide bonds. The molecule has 0 aromatic carbocycles. The van der Waals surface area contributed by atoms with Crippen molar-refractivity contribution in [1.29, 1.82) is 0 Å². The van der Waals surface area contributed by atoms with E-state index in [1.54, 1.807) is 13.0 Å². The van der Waals surface area contributed by atoms with Crippen molar-refractivity contribution in [2.45, 2.75) is 13.8 Å². The van der Waals surface area contributed by atoms with Gasteiger partial charge in [0, 0.05) is 34.9 Å². The highest BCUT2D eigenvalue weighted by Crippen LogP contribution is 2.09. The van der Waals surface area contributed by atoms with Gasteiger partial charge in [-0.05, 0) is 6.92 Å². The number of nitrogens with two attached hydrogens (primary N) is 1. The summed E-state index contributed by atoms with van der Waals surface area (Å²) < 4.78 is 11.2. The molecule has 4 N–H and O–H groups in total. The average Bonchev–Trinajstić information content (AvgIpc) is 2.28. The maximum atomic E-state index is 11.2. The molecule has 6 nitrogen and oxygen atoms in total. The molecule has 0 saturated heterocycles. The highest BCUT2D eigenvalue weighted by Gasteiger charge is 2.01. The van der Waals surface area contributed by atoms with Gasteiger partial charge in [0.1, 0.15) is 17.5 Å². The van der Waals surface area contributed by atoms with Crippen molar-refractivity contribution >= 4 is 22.4 Å². The number of hydrogen-bond acceptors (Lipinski definition) is 6. The minimum Gasteiger partial charge on any atom is -0.369 e. The molecule has 0 spiro atoms. The number of nitrogens with zero attached hydrogens (tertiary/aromatic N) is 2. The Bertz CT molecular complexity index is 371. The first-order chi connectivity index (χ1) is 7.65. The number of hydrogen-bond donors (Lipinski definition) is 3. The molecular formula is C9H17N5OS. The lowest BCUT2D eigenvalue weighted by atomic mass is 10.5. The third kappa shape index (κ3) is 4.11. The lowest BCUT2D eigenvalue weighted by Gasteiger charge is -2.07. The molecule has 0 bridgehead atoms. The molecule has 0 saturated carbocycles. The number of rotatable bonds is 6. The van der Waals surface area contributed by atoms with E-state index in [4.69, 9.17) is 5.84 Å². The second-order valence-electron chi connectivity index (χ2n) is 3.19. The monoisotopic (exact) mass is 243 g/mol. The zero-order valence-corrected chi connectivity index (χ0v) is 10.3. The molecule has 1 heterocycles. The molecule has 0 aliphatic rings. The summed E-state index contributed by atoms with van der Waals surface area (Å²) in [7, 11) is -0.759. The SMILES string of the molecule is CCS(=O)CCNc1cc(NN)nc(C)n1. The van der Waals surface area contributed by atoms with E-state index < -0.39 is 10.8 Å². The van der Waals surface area contributed by atoms with E-state index in [-0.39, 0.29) is 0 Å². The Morgan fingerprint density at radius 2 is 2.12 bits per heavy atom. The second kappa shape index (κ2) is 6.39. The molecule has 1 atom stereocenters. The van der Waals surface area contributed by atoms with Crippen molar-refractivity contribution in [3.63, 3.8) is 0 Å². The van der Waals surface area contributed by atoms with Crippen LogP contribution < -0.4 is 16.6 Å². The summed E-state index contributed by atoms with van der Waals surface area (Å²) in [6.07, 6.45) is 0. The quantitative estimate of drug-likeness (QED) is 0.490. The number of anilines is 2. The normalized spacial score (nSPS) is 12.2. The van der Waals surface area contributed by atoms with Crippen LogP contribution in [-0.4, -0.2) is 32.2 Å². The minimum atomic E-state index is -0.759. The van der Waals surface area contributed by atoms with Crippen molar-refractivity contribution in [2.24, 2.45) is 5.84 Å². The summed E-state index contributed by atoms with van der Waals surface area (Å²) in [4.78, 5) is 8.25. The smallest absolute Gasteiger partial charge is 0.145 e. The Labute approximate surface area is 97.5 Å². The van der Waals surface area contributed by atoms with Crippen LogP contribution in [0.3, 0.4) is 0 Å². The average molecular weight is 243 g/mol. The minimum absolute atomic E-state index is 0.562. The van der Waals surface area contributed by atoms with Crippen molar-refractivity contribution in [2.75, 3.05) is 28.8 Å². The van der Waals surface area contributed by atoms with E-state index in [1.165, 1.54) is 0 Å². The van der Waals surface area contributed by atoms with Crippen LogP contribution in [0.5, 0.6) is 0 Å². The molecule has 1 aromatic heterocycles. The molecule has 90 valence electrons. The van der Waals surface area contributed by atoms with Gasteiger partial charge in [-0.1, -0.05) is 6.92 Å². The number of nitrogens with one attached hydrogen (secondary N) is 2. The van der Waals surface area contributed by atoms with Gasteiger partial charge in [0.25, 0.3) is 0 Å². The first kappa shape index (κ1) is 12.9. The van der Waals surface area contributed by atoms with Crippen LogP contribution in [0.1, 0.15) is 12.7 Å². The van der Waals surface area contributed by atoms with Gasteiger partial charge in [-0.3, -0.25) is 4.21 Å². The standard InChI is InChI=1S/C9H17N5OS/c1-3-16(15)5-4-11-8-6-9(14-10)13-7(2)12-8/h6H,3-5,10H2,1-2H3,(H2,11,12,13,14). The number of aromatic nitrogens is 2. The molecule has 1 unspecified atom stereocenters. The maximum absolute atomic E-state index is 11.2. The first-order valence-electron chi connectivity index (χ1n) is 5.07. The Balaban J connectivity index is 2.53. The van der Waals surface area contributed by atoms with Gasteiger partial charge in [0.05, 0.1) is 0 Å². The summed E-state index contributed by atoms with van der Waals surface area (Å²) in [5.41, 5.74) is 2.47. The maximum Gasteiger partial charge on any atom is 0.145 e. The van der Waals surface area contributed by atoms with Gasteiger partial charge in [-0.15, -0.1) is 0 Å². The molecular weight excluding hydrogens is 226 g/mol. The van der Waals surface area contributed by atoms with Gasteiger partial charge in [-0.2, -0.15) is 0 Å². The second-order valence-corrected chi connectivity index (χ2v) is 5.05. The Kier molecular flexibility index (Phi) is 5.13. The number of nitrogen functional groups attached to an aromatic ring is 1. The third-order valence-electron chi connectivity index (χ3n) is 1.94. The fourth-order valence-electron chi connectivity index (χ4n) is 1.17. The zero-order chi connectivity index (χ0) is 12.0. The van der Waals surface area contributed by atoms with E-state index in [0.717, 1.165) is 0 Å². The fraction of sp³-hybridized carbons (Fsp3) is 0.556. The van der Waals surface area contributed by atoms with Crippen LogP contribution >= 0.6 is 0 Å². The Hall–Kier alpha value is -1.21. The number of hydrazine groups is 1. The van der Waals surface area contributed by atoms with E-state index in [9.17, 15) is 4.21 Å². The van der Waals surface area contributed by atoms with Crippen molar-refractivity contribution in [3.05, 3.63) is 11.9 Å². The number of aryl methyl sites for hydroxylation is 1. The molecule has 0 radical (unpaired) electrons. The Morgan fingerprint density at radius 1 is 1.44 bits per heavy atom. The van der Waals surface area contributed by atoms with E-state index in [0.29, 0.717) is 35.5 Å².